The van der Waals surface area contributed by atoms with E-state index in [1.807, 2.05) is 18.2 Å². The molecule has 0 atom stereocenters. The highest BCUT2D eigenvalue weighted by atomic mass is 35.5. The van der Waals surface area contributed by atoms with E-state index in [2.05, 4.69) is 86.6 Å². The van der Waals surface area contributed by atoms with Crippen molar-refractivity contribution in [2.75, 3.05) is 0 Å². The van der Waals surface area contributed by atoms with Gasteiger partial charge in [-0.3, -0.25) is 0 Å². The third-order valence-corrected chi connectivity index (χ3v) is 6.18. The maximum absolute atomic E-state index is 6.22. The van der Waals surface area contributed by atoms with E-state index in [-0.39, 0.29) is 5.41 Å². The second-order valence-corrected chi connectivity index (χ2v) is 8.46. The summed E-state index contributed by atoms with van der Waals surface area (Å²) in [4.78, 5) is 0. The summed E-state index contributed by atoms with van der Waals surface area (Å²) >= 11 is 6.22. The molecule has 0 saturated carbocycles. The van der Waals surface area contributed by atoms with E-state index in [0.717, 1.165) is 10.6 Å². The zero-order valence-corrected chi connectivity index (χ0v) is 16.8. The summed E-state index contributed by atoms with van der Waals surface area (Å²) in [6, 6.07) is 32.4. The standard InChI is InChI=1S/C27H21Cl/c1-27(2)25-16-20(18-7-4-3-5-8-18)11-13-23(25)24-14-12-21(17-26(24)27)19-9-6-10-22(28)15-19/h3-17H,1-2H3. The van der Waals surface area contributed by atoms with Crippen LogP contribution in [-0.2, 0) is 5.41 Å². The molecule has 1 aliphatic carbocycles. The van der Waals surface area contributed by atoms with Gasteiger partial charge in [0.1, 0.15) is 0 Å². The SMILES string of the molecule is CC1(C)c2cc(-c3ccccc3)ccc2-c2ccc(-c3cccc(Cl)c3)cc21. The first-order valence-electron chi connectivity index (χ1n) is 9.65. The van der Waals surface area contributed by atoms with Gasteiger partial charge in [0.25, 0.3) is 0 Å². The first kappa shape index (κ1) is 17.3. The van der Waals surface area contributed by atoms with Gasteiger partial charge in [0, 0.05) is 10.4 Å². The number of fused-ring (bicyclic) bond motifs is 3. The van der Waals surface area contributed by atoms with Gasteiger partial charge >= 0.3 is 0 Å². The highest BCUT2D eigenvalue weighted by Crippen LogP contribution is 2.50. The first-order chi connectivity index (χ1) is 13.5. The van der Waals surface area contributed by atoms with E-state index in [0.29, 0.717) is 0 Å². The lowest BCUT2D eigenvalue weighted by Gasteiger charge is -2.22. The Kier molecular flexibility index (Phi) is 3.92. The second-order valence-electron chi connectivity index (χ2n) is 8.02. The molecule has 5 rings (SSSR count). The molecule has 4 aromatic rings. The zero-order valence-electron chi connectivity index (χ0n) is 16.0. The van der Waals surface area contributed by atoms with Crippen LogP contribution < -0.4 is 0 Å². The number of benzene rings is 4. The minimum Gasteiger partial charge on any atom is -0.0843 e. The predicted octanol–water partition coefficient (Wildman–Crippen LogP) is 7.98. The molecule has 0 aromatic heterocycles. The van der Waals surface area contributed by atoms with Crippen LogP contribution >= 0.6 is 11.6 Å². The van der Waals surface area contributed by atoms with Crippen molar-refractivity contribution in [2.45, 2.75) is 19.3 Å². The largest absolute Gasteiger partial charge is 0.0843 e. The Balaban J connectivity index is 1.64. The topological polar surface area (TPSA) is 0 Å². The molecule has 0 radical (unpaired) electrons. The van der Waals surface area contributed by atoms with Gasteiger partial charge in [-0.1, -0.05) is 92.2 Å². The van der Waals surface area contributed by atoms with E-state index >= 15 is 0 Å². The molecule has 0 N–H and O–H groups in total. The molecular formula is C27H21Cl. The molecule has 1 aliphatic rings. The van der Waals surface area contributed by atoms with Crippen LogP contribution in [0, 0.1) is 0 Å². The van der Waals surface area contributed by atoms with E-state index in [4.69, 9.17) is 11.6 Å². The Labute approximate surface area is 171 Å². The summed E-state index contributed by atoms with van der Waals surface area (Å²) in [5.41, 5.74) is 10.3. The van der Waals surface area contributed by atoms with Crippen LogP contribution in [-0.4, -0.2) is 0 Å². The highest BCUT2D eigenvalue weighted by Gasteiger charge is 2.35. The van der Waals surface area contributed by atoms with Crippen molar-refractivity contribution in [1.82, 2.24) is 0 Å². The molecule has 0 nitrogen and oxygen atoms in total. The summed E-state index contributed by atoms with van der Waals surface area (Å²) in [5.74, 6) is 0. The van der Waals surface area contributed by atoms with Gasteiger partial charge in [0.15, 0.2) is 0 Å². The smallest absolute Gasteiger partial charge is 0.0412 e. The second kappa shape index (κ2) is 6.36. The van der Waals surface area contributed by atoms with Gasteiger partial charge in [-0.2, -0.15) is 0 Å². The van der Waals surface area contributed by atoms with Gasteiger partial charge in [0.2, 0.25) is 0 Å². The lowest BCUT2D eigenvalue weighted by Crippen LogP contribution is -2.15. The molecule has 0 saturated heterocycles. The Morgan fingerprint density at radius 1 is 0.536 bits per heavy atom. The van der Waals surface area contributed by atoms with Crippen molar-refractivity contribution in [3.63, 3.8) is 0 Å². The van der Waals surface area contributed by atoms with Crippen LogP contribution in [0.4, 0.5) is 0 Å². The monoisotopic (exact) mass is 380 g/mol. The quantitative estimate of drug-likeness (QED) is 0.330. The lowest BCUT2D eigenvalue weighted by atomic mass is 9.81. The summed E-state index contributed by atoms with van der Waals surface area (Å²) in [5, 5.41) is 0.771. The third kappa shape index (κ3) is 2.68. The Morgan fingerprint density at radius 3 is 1.68 bits per heavy atom. The van der Waals surface area contributed by atoms with Crippen molar-refractivity contribution >= 4 is 11.6 Å². The molecule has 0 aliphatic heterocycles. The Hall–Kier alpha value is -2.83. The average molecular weight is 381 g/mol. The first-order valence-corrected chi connectivity index (χ1v) is 10.0. The van der Waals surface area contributed by atoms with Crippen LogP contribution in [0.15, 0.2) is 91.0 Å². The Bertz CT molecular complexity index is 1190. The summed E-state index contributed by atoms with van der Waals surface area (Å²) in [6.45, 7) is 4.66. The number of rotatable bonds is 2. The van der Waals surface area contributed by atoms with E-state index in [1.54, 1.807) is 0 Å². The fraction of sp³-hybridized carbons (Fsp3) is 0.111. The number of halogens is 1. The molecule has 28 heavy (non-hydrogen) atoms. The van der Waals surface area contributed by atoms with Gasteiger partial charge in [-0.25, -0.2) is 0 Å². The van der Waals surface area contributed by atoms with Crippen molar-refractivity contribution in [1.29, 1.82) is 0 Å². The summed E-state index contributed by atoms with van der Waals surface area (Å²) in [6.07, 6.45) is 0. The summed E-state index contributed by atoms with van der Waals surface area (Å²) in [7, 11) is 0. The van der Waals surface area contributed by atoms with Gasteiger partial charge in [-0.15, -0.1) is 0 Å². The number of hydrogen-bond acceptors (Lipinski definition) is 0. The van der Waals surface area contributed by atoms with Gasteiger partial charge < -0.3 is 0 Å². The van der Waals surface area contributed by atoms with Crippen molar-refractivity contribution in [3.05, 3.63) is 107 Å². The molecule has 0 bridgehead atoms. The molecule has 4 aromatic carbocycles. The molecule has 0 amide bonds. The number of hydrogen-bond donors (Lipinski definition) is 0. The van der Waals surface area contributed by atoms with Crippen LogP contribution in [0.2, 0.25) is 5.02 Å². The normalized spacial score (nSPS) is 13.8. The minimum absolute atomic E-state index is 0.0377. The molecular weight excluding hydrogens is 360 g/mol. The molecule has 1 heteroatoms. The minimum atomic E-state index is -0.0377. The van der Waals surface area contributed by atoms with Crippen molar-refractivity contribution < 1.29 is 0 Å². The van der Waals surface area contributed by atoms with Crippen LogP contribution in [0.25, 0.3) is 33.4 Å². The zero-order chi connectivity index (χ0) is 19.3. The van der Waals surface area contributed by atoms with E-state index in [9.17, 15) is 0 Å². The molecule has 0 unspecified atom stereocenters. The fourth-order valence-corrected chi connectivity index (χ4v) is 4.59. The van der Waals surface area contributed by atoms with E-state index in [1.165, 1.54) is 38.9 Å². The van der Waals surface area contributed by atoms with Crippen molar-refractivity contribution in [3.8, 4) is 33.4 Å². The average Bonchev–Trinajstić information content (AvgIpc) is 2.95. The molecule has 0 spiro atoms. The van der Waals surface area contributed by atoms with E-state index < -0.39 is 0 Å². The fourth-order valence-electron chi connectivity index (χ4n) is 4.40. The van der Waals surface area contributed by atoms with Crippen LogP contribution in [0.1, 0.15) is 25.0 Å². The van der Waals surface area contributed by atoms with Gasteiger partial charge in [-0.05, 0) is 68.8 Å². The Morgan fingerprint density at radius 2 is 1.07 bits per heavy atom. The van der Waals surface area contributed by atoms with Crippen molar-refractivity contribution in [2.24, 2.45) is 0 Å². The highest BCUT2D eigenvalue weighted by molar-refractivity contribution is 6.30. The molecule has 136 valence electrons. The maximum Gasteiger partial charge on any atom is 0.0412 e. The molecule has 0 heterocycles. The lowest BCUT2D eigenvalue weighted by molar-refractivity contribution is 0.661. The van der Waals surface area contributed by atoms with Crippen LogP contribution in [0.5, 0.6) is 0 Å². The predicted molar refractivity (Wildman–Crippen MR) is 120 cm³/mol. The summed E-state index contributed by atoms with van der Waals surface area (Å²) < 4.78 is 0. The van der Waals surface area contributed by atoms with Crippen LogP contribution in [0.3, 0.4) is 0 Å². The molecule has 0 fully saturated rings. The van der Waals surface area contributed by atoms with Gasteiger partial charge in [0.05, 0.1) is 0 Å². The maximum atomic E-state index is 6.22. The third-order valence-electron chi connectivity index (χ3n) is 5.94.